The van der Waals surface area contributed by atoms with Crippen molar-refractivity contribution in [1.29, 1.82) is 0 Å². The molecule has 100 valence electrons. The quantitative estimate of drug-likeness (QED) is 0.843. The molecule has 0 saturated carbocycles. The molecule has 0 aromatic heterocycles. The van der Waals surface area contributed by atoms with Crippen molar-refractivity contribution in [3.63, 3.8) is 0 Å². The van der Waals surface area contributed by atoms with Gasteiger partial charge in [0.15, 0.2) is 0 Å². The number of thioether (sulfide) groups is 1. The summed E-state index contributed by atoms with van der Waals surface area (Å²) in [6.07, 6.45) is 2.15. The summed E-state index contributed by atoms with van der Waals surface area (Å²) in [6, 6.07) is 15.8. The normalized spacial score (nSPS) is 12.2. The fourth-order valence-corrected chi connectivity index (χ4v) is 2.37. The molecule has 0 amide bonds. The first kappa shape index (κ1) is 14.0. The van der Waals surface area contributed by atoms with Crippen molar-refractivity contribution in [2.45, 2.75) is 17.4 Å². The first-order chi connectivity index (χ1) is 9.22. The highest BCUT2D eigenvalue weighted by atomic mass is 32.2. The molecule has 0 fully saturated rings. The third-order valence-electron chi connectivity index (χ3n) is 3.06. The Morgan fingerprint density at radius 2 is 1.89 bits per heavy atom. The summed E-state index contributed by atoms with van der Waals surface area (Å²) in [7, 11) is 1.65. The Kier molecular flexibility index (Phi) is 4.88. The number of aliphatic hydroxyl groups is 1. The molecule has 1 unspecified atom stereocenters. The molecule has 0 aliphatic heterocycles. The summed E-state index contributed by atoms with van der Waals surface area (Å²) in [4.78, 5) is 1.21. The van der Waals surface area contributed by atoms with Crippen molar-refractivity contribution in [1.82, 2.24) is 0 Å². The van der Waals surface area contributed by atoms with E-state index in [9.17, 15) is 5.11 Å². The smallest absolute Gasteiger partial charge is 0.119 e. The Balaban J connectivity index is 2.08. The minimum absolute atomic E-state index is 0.483. The van der Waals surface area contributed by atoms with E-state index >= 15 is 0 Å². The predicted octanol–water partition coefficient (Wildman–Crippen LogP) is 3.69. The van der Waals surface area contributed by atoms with Crippen molar-refractivity contribution in [2.75, 3.05) is 13.4 Å². The van der Waals surface area contributed by atoms with E-state index in [-0.39, 0.29) is 0 Å². The summed E-state index contributed by atoms with van der Waals surface area (Å²) in [5, 5.41) is 10.3. The van der Waals surface area contributed by atoms with E-state index in [0.29, 0.717) is 6.42 Å². The first-order valence-electron chi connectivity index (χ1n) is 6.18. The third-order valence-corrected chi connectivity index (χ3v) is 3.81. The van der Waals surface area contributed by atoms with Crippen molar-refractivity contribution < 1.29 is 9.84 Å². The SMILES string of the molecule is COc1cccc(CC(O)c2ccc(SC)cc2)c1. The van der Waals surface area contributed by atoms with Gasteiger partial charge in [-0.1, -0.05) is 24.3 Å². The van der Waals surface area contributed by atoms with E-state index in [1.54, 1.807) is 18.9 Å². The summed E-state index contributed by atoms with van der Waals surface area (Å²) in [5.41, 5.74) is 2.02. The largest absolute Gasteiger partial charge is 0.497 e. The van der Waals surface area contributed by atoms with Crippen LogP contribution in [0.1, 0.15) is 17.2 Å². The molecule has 0 saturated heterocycles. The molecule has 1 atom stereocenters. The molecule has 0 radical (unpaired) electrons. The lowest BCUT2D eigenvalue weighted by Crippen LogP contribution is -2.01. The molecule has 0 aliphatic carbocycles. The Morgan fingerprint density at radius 3 is 2.53 bits per heavy atom. The summed E-state index contributed by atoms with van der Waals surface area (Å²) in [5.74, 6) is 0.822. The second-order valence-electron chi connectivity index (χ2n) is 4.34. The van der Waals surface area contributed by atoms with Gasteiger partial charge in [0.2, 0.25) is 0 Å². The lowest BCUT2D eigenvalue weighted by atomic mass is 10.0. The summed E-state index contributed by atoms with van der Waals surface area (Å²) < 4.78 is 5.19. The zero-order valence-electron chi connectivity index (χ0n) is 11.2. The van der Waals surface area contributed by atoms with Gasteiger partial charge in [0.25, 0.3) is 0 Å². The van der Waals surface area contributed by atoms with Crippen LogP contribution in [-0.2, 0) is 6.42 Å². The lowest BCUT2D eigenvalue weighted by molar-refractivity contribution is 0.178. The molecule has 19 heavy (non-hydrogen) atoms. The molecular formula is C16H18O2S. The van der Waals surface area contributed by atoms with Crippen LogP contribution in [0.3, 0.4) is 0 Å². The highest BCUT2D eigenvalue weighted by Gasteiger charge is 2.09. The van der Waals surface area contributed by atoms with E-state index in [1.807, 2.05) is 54.8 Å². The van der Waals surface area contributed by atoms with Crippen LogP contribution in [0.25, 0.3) is 0 Å². The van der Waals surface area contributed by atoms with E-state index < -0.39 is 6.10 Å². The van der Waals surface area contributed by atoms with Crippen LogP contribution in [0.15, 0.2) is 53.4 Å². The zero-order chi connectivity index (χ0) is 13.7. The van der Waals surface area contributed by atoms with Crippen LogP contribution in [0, 0.1) is 0 Å². The van der Waals surface area contributed by atoms with Crippen LogP contribution in [0.4, 0.5) is 0 Å². The molecule has 2 aromatic rings. The molecule has 3 heteroatoms. The fraction of sp³-hybridized carbons (Fsp3) is 0.250. The highest BCUT2D eigenvalue weighted by molar-refractivity contribution is 7.98. The number of hydrogen-bond acceptors (Lipinski definition) is 3. The van der Waals surface area contributed by atoms with Gasteiger partial charge in [0.05, 0.1) is 13.2 Å². The van der Waals surface area contributed by atoms with Crippen molar-refractivity contribution in [3.8, 4) is 5.75 Å². The Hall–Kier alpha value is -1.45. The molecule has 2 rings (SSSR count). The standard InChI is InChI=1S/C16H18O2S/c1-18-14-5-3-4-12(10-14)11-16(17)13-6-8-15(19-2)9-7-13/h3-10,16-17H,11H2,1-2H3. The van der Waals surface area contributed by atoms with Gasteiger partial charge in [-0.2, -0.15) is 0 Å². The van der Waals surface area contributed by atoms with Gasteiger partial charge in [0.1, 0.15) is 5.75 Å². The van der Waals surface area contributed by atoms with Gasteiger partial charge in [-0.25, -0.2) is 0 Å². The number of ether oxygens (including phenoxy) is 1. The molecular weight excluding hydrogens is 256 g/mol. The number of methoxy groups -OCH3 is 1. The Labute approximate surface area is 118 Å². The molecule has 0 heterocycles. The van der Waals surface area contributed by atoms with Gasteiger partial charge < -0.3 is 9.84 Å². The van der Waals surface area contributed by atoms with Crippen molar-refractivity contribution in [3.05, 3.63) is 59.7 Å². The number of aliphatic hydroxyl groups excluding tert-OH is 1. The van der Waals surface area contributed by atoms with Gasteiger partial charge in [-0.05, 0) is 41.6 Å². The summed E-state index contributed by atoms with van der Waals surface area (Å²) >= 11 is 1.70. The van der Waals surface area contributed by atoms with Gasteiger partial charge in [0, 0.05) is 11.3 Å². The summed E-state index contributed by atoms with van der Waals surface area (Å²) in [6.45, 7) is 0. The molecule has 2 nitrogen and oxygen atoms in total. The highest BCUT2D eigenvalue weighted by Crippen LogP contribution is 2.23. The maximum atomic E-state index is 10.3. The van der Waals surface area contributed by atoms with Crippen molar-refractivity contribution in [2.24, 2.45) is 0 Å². The Morgan fingerprint density at radius 1 is 1.16 bits per heavy atom. The van der Waals surface area contributed by atoms with E-state index in [1.165, 1.54) is 4.90 Å². The third kappa shape index (κ3) is 3.75. The van der Waals surface area contributed by atoms with E-state index in [4.69, 9.17) is 4.74 Å². The number of rotatable bonds is 5. The maximum absolute atomic E-state index is 10.3. The molecule has 2 aromatic carbocycles. The molecule has 0 spiro atoms. The first-order valence-corrected chi connectivity index (χ1v) is 7.40. The number of benzene rings is 2. The molecule has 0 aliphatic rings. The minimum Gasteiger partial charge on any atom is -0.497 e. The molecule has 1 N–H and O–H groups in total. The second kappa shape index (κ2) is 6.64. The van der Waals surface area contributed by atoms with Crippen LogP contribution < -0.4 is 4.74 Å². The molecule has 0 bridgehead atoms. The van der Waals surface area contributed by atoms with E-state index in [0.717, 1.165) is 16.9 Å². The van der Waals surface area contributed by atoms with Crippen LogP contribution >= 0.6 is 11.8 Å². The van der Waals surface area contributed by atoms with E-state index in [2.05, 4.69) is 0 Å². The second-order valence-corrected chi connectivity index (χ2v) is 5.22. The topological polar surface area (TPSA) is 29.5 Å². The Bertz CT molecular complexity index is 523. The minimum atomic E-state index is -0.483. The average molecular weight is 274 g/mol. The number of hydrogen-bond donors (Lipinski definition) is 1. The van der Waals surface area contributed by atoms with Crippen LogP contribution in [0.5, 0.6) is 5.75 Å². The lowest BCUT2D eigenvalue weighted by Gasteiger charge is -2.12. The predicted molar refractivity (Wildman–Crippen MR) is 79.9 cm³/mol. The van der Waals surface area contributed by atoms with Gasteiger partial charge in [-0.15, -0.1) is 11.8 Å². The van der Waals surface area contributed by atoms with Gasteiger partial charge >= 0.3 is 0 Å². The van der Waals surface area contributed by atoms with Crippen LogP contribution in [0.2, 0.25) is 0 Å². The fourth-order valence-electron chi connectivity index (χ4n) is 1.97. The van der Waals surface area contributed by atoms with Crippen LogP contribution in [-0.4, -0.2) is 18.5 Å². The zero-order valence-corrected chi connectivity index (χ0v) is 12.0. The maximum Gasteiger partial charge on any atom is 0.119 e. The monoisotopic (exact) mass is 274 g/mol. The average Bonchev–Trinajstić information content (AvgIpc) is 2.47. The van der Waals surface area contributed by atoms with Gasteiger partial charge in [-0.3, -0.25) is 0 Å². The van der Waals surface area contributed by atoms with Crippen molar-refractivity contribution >= 4 is 11.8 Å².